The van der Waals surface area contributed by atoms with E-state index in [1.165, 1.54) is 22.0 Å². The first kappa shape index (κ1) is 23.9. The van der Waals surface area contributed by atoms with Gasteiger partial charge in [-0.3, -0.25) is 4.99 Å². The van der Waals surface area contributed by atoms with Gasteiger partial charge in [-0.25, -0.2) is 0 Å². The molecule has 0 aliphatic heterocycles. The van der Waals surface area contributed by atoms with E-state index in [2.05, 4.69) is 53.9 Å². The average molecular weight is 522 g/mol. The first-order valence-electron chi connectivity index (χ1n) is 10.1. The highest BCUT2D eigenvalue weighted by Crippen LogP contribution is 2.26. The molecule has 0 amide bonds. The van der Waals surface area contributed by atoms with Crippen molar-refractivity contribution >= 4 is 40.8 Å². The number of fused-ring (bicyclic) bond motifs is 1. The maximum Gasteiger partial charge on any atom is 0.191 e. The number of ether oxygens (including phenoxy) is 1. The number of aryl methyl sites for hydroxylation is 1. The Bertz CT molecular complexity index is 984. The fourth-order valence-electron chi connectivity index (χ4n) is 3.48. The molecule has 0 radical (unpaired) electrons. The molecule has 0 bridgehead atoms. The van der Waals surface area contributed by atoms with Crippen molar-refractivity contribution in [2.24, 2.45) is 4.99 Å². The molecular weight excluding hydrogens is 491 g/mol. The zero-order valence-corrected chi connectivity index (χ0v) is 20.1. The van der Waals surface area contributed by atoms with Crippen molar-refractivity contribution in [1.29, 1.82) is 0 Å². The number of aliphatic imine (C=N–C) groups is 1. The van der Waals surface area contributed by atoms with Gasteiger partial charge in [-0.1, -0.05) is 18.2 Å². The Hall–Kier alpha value is -2.42. The number of hydrogen-bond acceptors (Lipinski definition) is 3. The second-order valence-electron chi connectivity index (χ2n) is 7.01. The number of nitrogens with zero attached hydrogens (tertiary/aromatic N) is 1. The smallest absolute Gasteiger partial charge is 0.191 e. The Morgan fingerprint density at radius 1 is 1.17 bits per heavy atom. The zero-order valence-electron chi connectivity index (χ0n) is 17.8. The topological polar surface area (TPSA) is 81.7 Å². The van der Waals surface area contributed by atoms with Crippen molar-refractivity contribution in [3.8, 4) is 11.5 Å². The third-order valence-electron chi connectivity index (χ3n) is 4.94. The van der Waals surface area contributed by atoms with Gasteiger partial charge in [0.15, 0.2) is 17.5 Å². The van der Waals surface area contributed by atoms with E-state index in [9.17, 15) is 5.11 Å². The van der Waals surface area contributed by atoms with Gasteiger partial charge in [0.1, 0.15) is 0 Å². The van der Waals surface area contributed by atoms with Crippen molar-refractivity contribution in [3.05, 3.63) is 59.3 Å². The Morgan fingerprint density at radius 3 is 2.77 bits per heavy atom. The van der Waals surface area contributed by atoms with Gasteiger partial charge in [0.2, 0.25) is 0 Å². The lowest BCUT2D eigenvalue weighted by Gasteiger charge is -2.12. The van der Waals surface area contributed by atoms with Gasteiger partial charge in [0.25, 0.3) is 0 Å². The summed E-state index contributed by atoms with van der Waals surface area (Å²) in [6.45, 7) is 6.47. The van der Waals surface area contributed by atoms with Crippen LogP contribution in [0.5, 0.6) is 11.5 Å². The second-order valence-corrected chi connectivity index (χ2v) is 7.01. The predicted molar refractivity (Wildman–Crippen MR) is 134 cm³/mol. The molecule has 0 saturated heterocycles. The van der Waals surface area contributed by atoms with Gasteiger partial charge in [0, 0.05) is 36.7 Å². The van der Waals surface area contributed by atoms with E-state index in [4.69, 9.17) is 9.73 Å². The molecule has 0 saturated carbocycles. The number of nitrogens with one attached hydrogen (secondary N) is 3. The number of H-pyrrole nitrogens is 1. The Labute approximate surface area is 195 Å². The largest absolute Gasteiger partial charge is 0.504 e. The predicted octanol–water partition coefficient (Wildman–Crippen LogP) is 4.15. The molecule has 4 N–H and O–H groups in total. The third-order valence-corrected chi connectivity index (χ3v) is 4.94. The van der Waals surface area contributed by atoms with Gasteiger partial charge in [-0.15, -0.1) is 24.0 Å². The van der Waals surface area contributed by atoms with Crippen LogP contribution in [0.15, 0.2) is 47.6 Å². The quantitative estimate of drug-likeness (QED) is 0.204. The molecule has 0 spiro atoms. The number of hydrogen-bond donors (Lipinski definition) is 4. The second kappa shape index (κ2) is 11.7. The summed E-state index contributed by atoms with van der Waals surface area (Å²) in [6.07, 6.45) is 3.78. The molecule has 0 unspecified atom stereocenters. The van der Waals surface area contributed by atoms with Gasteiger partial charge in [0.05, 0.1) is 7.11 Å². The number of rotatable bonds is 8. The van der Waals surface area contributed by atoms with Crippen molar-refractivity contribution in [2.75, 3.05) is 26.7 Å². The zero-order chi connectivity index (χ0) is 20.6. The number of phenolic OH excluding ortho intramolecular Hbond substituents is 1. The Morgan fingerprint density at radius 2 is 2.00 bits per heavy atom. The van der Waals surface area contributed by atoms with E-state index in [0.717, 1.165) is 37.5 Å². The molecule has 3 rings (SSSR count). The molecule has 0 atom stereocenters. The first-order valence-corrected chi connectivity index (χ1v) is 10.1. The summed E-state index contributed by atoms with van der Waals surface area (Å²) in [5.41, 5.74) is 4.86. The third kappa shape index (κ3) is 6.04. The molecule has 0 aliphatic rings. The molecule has 162 valence electrons. The standard InChI is InChI=1S/C23H30N4O2.HI/c1-4-24-23(25-12-10-17-8-9-20(28)21(14-17)29-3)26-13-11-18-15-27-19-7-5-6-16(2)22(18)19;/h5-9,14-15,27-28H,4,10-13H2,1-3H3,(H2,24,25,26);1H. The minimum absolute atomic E-state index is 0. The van der Waals surface area contributed by atoms with E-state index in [-0.39, 0.29) is 29.7 Å². The van der Waals surface area contributed by atoms with Crippen LogP contribution in [0.25, 0.3) is 10.9 Å². The van der Waals surface area contributed by atoms with Crippen molar-refractivity contribution < 1.29 is 9.84 Å². The van der Waals surface area contributed by atoms with Crippen LogP contribution in [0, 0.1) is 6.92 Å². The molecular formula is C23H31IN4O2. The monoisotopic (exact) mass is 522 g/mol. The summed E-state index contributed by atoms with van der Waals surface area (Å²) in [5, 5.41) is 17.7. The summed E-state index contributed by atoms with van der Waals surface area (Å²) in [4.78, 5) is 8.07. The Kier molecular flexibility index (Phi) is 9.29. The number of aromatic nitrogens is 1. The van der Waals surface area contributed by atoms with Crippen LogP contribution < -0.4 is 15.4 Å². The minimum atomic E-state index is 0. The molecule has 0 fully saturated rings. The van der Waals surface area contributed by atoms with Gasteiger partial charge >= 0.3 is 0 Å². The number of methoxy groups -OCH3 is 1. The fraction of sp³-hybridized carbons (Fsp3) is 0.348. The van der Waals surface area contributed by atoms with E-state index >= 15 is 0 Å². The molecule has 2 aromatic carbocycles. The summed E-state index contributed by atoms with van der Waals surface area (Å²) in [6, 6.07) is 11.8. The number of halogens is 1. The summed E-state index contributed by atoms with van der Waals surface area (Å²) >= 11 is 0. The van der Waals surface area contributed by atoms with Gasteiger partial charge in [-0.2, -0.15) is 0 Å². The highest BCUT2D eigenvalue weighted by molar-refractivity contribution is 14.0. The molecule has 3 aromatic rings. The van der Waals surface area contributed by atoms with Crippen molar-refractivity contribution in [1.82, 2.24) is 15.6 Å². The SMILES string of the molecule is CCNC(=NCCc1c[nH]c2cccc(C)c12)NCCc1ccc(O)c(OC)c1.I. The first-order chi connectivity index (χ1) is 14.1. The van der Waals surface area contributed by atoms with Crippen molar-refractivity contribution in [3.63, 3.8) is 0 Å². The minimum Gasteiger partial charge on any atom is -0.504 e. The van der Waals surface area contributed by atoms with Crippen LogP contribution in [0.4, 0.5) is 0 Å². The number of aromatic hydroxyl groups is 1. The number of phenols is 1. The van der Waals surface area contributed by atoms with Gasteiger partial charge in [-0.05, 0) is 61.6 Å². The van der Waals surface area contributed by atoms with E-state index < -0.39 is 0 Å². The number of aromatic amines is 1. The van der Waals surface area contributed by atoms with Crippen LogP contribution in [0.3, 0.4) is 0 Å². The van der Waals surface area contributed by atoms with Gasteiger partial charge < -0.3 is 25.5 Å². The Balaban J connectivity index is 0.00000320. The van der Waals surface area contributed by atoms with Crippen LogP contribution in [0.1, 0.15) is 23.6 Å². The maximum absolute atomic E-state index is 9.71. The molecule has 1 aromatic heterocycles. The fourth-order valence-corrected chi connectivity index (χ4v) is 3.48. The molecule has 6 nitrogen and oxygen atoms in total. The highest BCUT2D eigenvalue weighted by Gasteiger charge is 2.06. The average Bonchev–Trinajstić information content (AvgIpc) is 3.13. The highest BCUT2D eigenvalue weighted by atomic mass is 127. The van der Waals surface area contributed by atoms with Crippen LogP contribution in [-0.2, 0) is 12.8 Å². The molecule has 0 aliphatic carbocycles. The van der Waals surface area contributed by atoms with Crippen LogP contribution in [-0.4, -0.2) is 42.8 Å². The number of guanidine groups is 1. The lowest BCUT2D eigenvalue weighted by Crippen LogP contribution is -2.38. The van der Waals surface area contributed by atoms with Crippen LogP contribution in [0.2, 0.25) is 0 Å². The molecule has 1 heterocycles. The maximum atomic E-state index is 9.71. The lowest BCUT2D eigenvalue weighted by molar-refractivity contribution is 0.373. The van der Waals surface area contributed by atoms with E-state index in [1.807, 2.05) is 12.1 Å². The summed E-state index contributed by atoms with van der Waals surface area (Å²) in [5.74, 6) is 1.47. The molecule has 7 heteroatoms. The summed E-state index contributed by atoms with van der Waals surface area (Å²) < 4.78 is 5.17. The number of benzene rings is 2. The van der Waals surface area contributed by atoms with E-state index in [0.29, 0.717) is 12.3 Å². The summed E-state index contributed by atoms with van der Waals surface area (Å²) in [7, 11) is 1.56. The van der Waals surface area contributed by atoms with E-state index in [1.54, 1.807) is 13.2 Å². The van der Waals surface area contributed by atoms with Crippen molar-refractivity contribution in [2.45, 2.75) is 26.7 Å². The molecule has 30 heavy (non-hydrogen) atoms. The lowest BCUT2D eigenvalue weighted by atomic mass is 10.1. The van der Waals surface area contributed by atoms with Crippen LogP contribution >= 0.6 is 24.0 Å². The normalized spacial score (nSPS) is 11.2.